The zero-order chi connectivity index (χ0) is 15.2. The van der Waals surface area contributed by atoms with Gasteiger partial charge >= 0.3 is 6.03 Å². The highest BCUT2D eigenvalue weighted by Gasteiger charge is 2.44. The summed E-state index contributed by atoms with van der Waals surface area (Å²) in [6.45, 7) is 6.06. The lowest BCUT2D eigenvalue weighted by molar-refractivity contribution is 0.115. The van der Waals surface area contributed by atoms with Crippen LogP contribution in [0.1, 0.15) is 52.5 Å². The molecule has 0 spiro atoms. The van der Waals surface area contributed by atoms with Crippen molar-refractivity contribution in [3.05, 3.63) is 17.4 Å². The Morgan fingerprint density at radius 1 is 1.29 bits per heavy atom. The van der Waals surface area contributed by atoms with E-state index in [9.17, 15) is 4.79 Å². The molecule has 0 aliphatic carbocycles. The first-order valence-electron chi connectivity index (χ1n) is 7.63. The van der Waals surface area contributed by atoms with Gasteiger partial charge < -0.3 is 10.2 Å². The van der Waals surface area contributed by atoms with E-state index < -0.39 is 0 Å². The highest BCUT2D eigenvalue weighted by atomic mass is 35.5. The highest BCUT2D eigenvalue weighted by Crippen LogP contribution is 2.40. The monoisotopic (exact) mass is 310 g/mol. The maximum absolute atomic E-state index is 12.5. The molecule has 2 aliphatic rings. The Morgan fingerprint density at radius 3 is 2.38 bits per heavy atom. The summed E-state index contributed by atoms with van der Waals surface area (Å²) in [4.78, 5) is 14.6. The van der Waals surface area contributed by atoms with Gasteiger partial charge in [0.25, 0.3) is 0 Å². The van der Waals surface area contributed by atoms with E-state index in [1.165, 1.54) is 0 Å². The first kappa shape index (κ1) is 14.7. The van der Waals surface area contributed by atoms with E-state index in [2.05, 4.69) is 15.3 Å². The van der Waals surface area contributed by atoms with Crippen molar-refractivity contribution in [1.29, 1.82) is 0 Å². The third kappa shape index (κ3) is 3.03. The summed E-state index contributed by atoms with van der Waals surface area (Å²) < 4.78 is 1.96. The van der Waals surface area contributed by atoms with E-state index in [1.807, 2.05) is 31.6 Å². The molecule has 1 aromatic rings. The van der Waals surface area contributed by atoms with E-state index in [0.29, 0.717) is 23.1 Å². The standard InChI is InChI=1S/C15H23ClN4O/c1-15(2,3)18-14(21)20-11-4-5-12(20)7-13(6-11)19-9-10(16)8-17-19/h8-9,11-13H,4-7H2,1-3H3,(H,18,21). The number of nitrogens with zero attached hydrogens (tertiary/aromatic N) is 3. The number of halogens is 1. The van der Waals surface area contributed by atoms with Crippen LogP contribution in [0.25, 0.3) is 0 Å². The van der Waals surface area contributed by atoms with Crippen molar-refractivity contribution in [2.75, 3.05) is 0 Å². The van der Waals surface area contributed by atoms with Gasteiger partial charge in [-0.05, 0) is 46.5 Å². The van der Waals surface area contributed by atoms with Gasteiger partial charge in [0, 0.05) is 23.8 Å². The molecule has 2 saturated heterocycles. The SMILES string of the molecule is CC(C)(C)NC(=O)N1C2CCC1CC(n1cc(Cl)cn1)C2. The predicted octanol–water partition coefficient (Wildman–Crippen LogP) is 3.21. The van der Waals surface area contributed by atoms with E-state index >= 15 is 0 Å². The summed E-state index contributed by atoms with van der Waals surface area (Å²) >= 11 is 5.96. The Hall–Kier alpha value is -1.23. The average Bonchev–Trinajstić information content (AvgIpc) is 2.89. The lowest BCUT2D eigenvalue weighted by Gasteiger charge is -2.40. The van der Waals surface area contributed by atoms with Crippen molar-refractivity contribution in [2.45, 2.75) is 70.1 Å². The van der Waals surface area contributed by atoms with Crippen LogP contribution in [0.3, 0.4) is 0 Å². The molecule has 2 unspecified atom stereocenters. The maximum atomic E-state index is 12.5. The van der Waals surface area contributed by atoms with Crippen LogP contribution in [-0.2, 0) is 0 Å². The van der Waals surface area contributed by atoms with Crippen LogP contribution in [0.2, 0.25) is 5.02 Å². The normalized spacial score (nSPS) is 28.8. The fraction of sp³-hybridized carbons (Fsp3) is 0.733. The van der Waals surface area contributed by atoms with E-state index in [4.69, 9.17) is 11.6 Å². The number of aromatic nitrogens is 2. The highest BCUT2D eigenvalue weighted by molar-refractivity contribution is 6.30. The van der Waals surface area contributed by atoms with Gasteiger partial charge in [-0.3, -0.25) is 4.68 Å². The van der Waals surface area contributed by atoms with Crippen LogP contribution in [0.4, 0.5) is 4.79 Å². The molecule has 3 heterocycles. The molecule has 1 N–H and O–H groups in total. The molecule has 5 nitrogen and oxygen atoms in total. The number of urea groups is 1. The molecular weight excluding hydrogens is 288 g/mol. The van der Waals surface area contributed by atoms with Crippen LogP contribution in [0.15, 0.2) is 12.4 Å². The Labute approximate surface area is 130 Å². The van der Waals surface area contributed by atoms with Gasteiger partial charge in [-0.25, -0.2) is 4.79 Å². The number of piperidine rings is 1. The summed E-state index contributed by atoms with van der Waals surface area (Å²) in [7, 11) is 0. The summed E-state index contributed by atoms with van der Waals surface area (Å²) in [5.74, 6) is 0. The molecule has 116 valence electrons. The minimum atomic E-state index is -0.192. The zero-order valence-corrected chi connectivity index (χ0v) is 13.6. The number of amides is 2. The molecule has 2 aliphatic heterocycles. The van der Waals surface area contributed by atoms with Crippen LogP contribution in [-0.4, -0.2) is 38.3 Å². The lowest BCUT2D eigenvalue weighted by Crippen LogP contribution is -2.55. The number of fused-ring (bicyclic) bond motifs is 2. The van der Waals surface area contributed by atoms with Gasteiger partial charge in [-0.15, -0.1) is 0 Å². The van der Waals surface area contributed by atoms with Gasteiger partial charge in [0.1, 0.15) is 0 Å². The van der Waals surface area contributed by atoms with Crippen molar-refractivity contribution in [3.63, 3.8) is 0 Å². The third-order valence-corrected chi connectivity index (χ3v) is 4.56. The molecule has 0 saturated carbocycles. The molecule has 6 heteroatoms. The molecule has 2 fully saturated rings. The number of carbonyl (C=O) groups excluding carboxylic acids is 1. The molecule has 0 radical (unpaired) electrons. The molecule has 2 amide bonds. The number of carbonyl (C=O) groups is 1. The van der Waals surface area contributed by atoms with Crippen LogP contribution >= 0.6 is 11.6 Å². The topological polar surface area (TPSA) is 50.2 Å². The summed E-state index contributed by atoms with van der Waals surface area (Å²) in [6.07, 6.45) is 7.68. The molecule has 3 rings (SSSR count). The lowest BCUT2D eigenvalue weighted by atomic mass is 9.97. The first-order chi connectivity index (χ1) is 9.83. The zero-order valence-electron chi connectivity index (χ0n) is 12.8. The molecule has 21 heavy (non-hydrogen) atoms. The second kappa shape index (κ2) is 5.20. The molecule has 1 aromatic heterocycles. The number of nitrogens with one attached hydrogen (secondary N) is 1. The van der Waals surface area contributed by atoms with E-state index in [1.54, 1.807) is 6.20 Å². The average molecular weight is 311 g/mol. The Bertz CT molecular complexity index is 522. The number of hydrogen-bond acceptors (Lipinski definition) is 2. The summed E-state index contributed by atoms with van der Waals surface area (Å²) in [6, 6.07) is 1.07. The summed E-state index contributed by atoms with van der Waals surface area (Å²) in [5, 5.41) is 8.10. The number of rotatable bonds is 1. The Morgan fingerprint density at radius 2 is 1.90 bits per heavy atom. The second-order valence-electron chi connectivity index (χ2n) is 7.24. The van der Waals surface area contributed by atoms with Crippen molar-refractivity contribution < 1.29 is 4.79 Å². The molecule has 2 atom stereocenters. The first-order valence-corrected chi connectivity index (χ1v) is 8.01. The summed E-state index contributed by atoms with van der Waals surface area (Å²) in [5.41, 5.74) is -0.192. The quantitative estimate of drug-likeness (QED) is 0.866. The number of hydrogen-bond donors (Lipinski definition) is 1. The van der Waals surface area contributed by atoms with Gasteiger partial charge in [0.2, 0.25) is 0 Å². The maximum Gasteiger partial charge on any atom is 0.318 e. The van der Waals surface area contributed by atoms with E-state index in [-0.39, 0.29) is 11.6 Å². The second-order valence-corrected chi connectivity index (χ2v) is 7.67. The fourth-order valence-electron chi connectivity index (χ4n) is 3.60. The Balaban J connectivity index is 1.71. The fourth-order valence-corrected chi connectivity index (χ4v) is 3.74. The van der Waals surface area contributed by atoms with Gasteiger partial charge in [0.05, 0.1) is 17.3 Å². The van der Waals surface area contributed by atoms with Crippen molar-refractivity contribution in [3.8, 4) is 0 Å². The van der Waals surface area contributed by atoms with Gasteiger partial charge in [0.15, 0.2) is 0 Å². The van der Waals surface area contributed by atoms with Crippen LogP contribution in [0, 0.1) is 0 Å². The van der Waals surface area contributed by atoms with Crippen LogP contribution in [0.5, 0.6) is 0 Å². The third-order valence-electron chi connectivity index (χ3n) is 4.37. The van der Waals surface area contributed by atoms with Gasteiger partial charge in [-0.2, -0.15) is 5.10 Å². The molecule has 0 aromatic carbocycles. The van der Waals surface area contributed by atoms with Crippen molar-refractivity contribution in [2.24, 2.45) is 0 Å². The van der Waals surface area contributed by atoms with Crippen LogP contribution < -0.4 is 5.32 Å². The van der Waals surface area contributed by atoms with Crippen molar-refractivity contribution in [1.82, 2.24) is 20.0 Å². The van der Waals surface area contributed by atoms with Crippen molar-refractivity contribution >= 4 is 17.6 Å². The molecular formula is C15H23ClN4O. The Kier molecular flexibility index (Phi) is 3.64. The van der Waals surface area contributed by atoms with Gasteiger partial charge in [-0.1, -0.05) is 11.6 Å². The molecule has 2 bridgehead atoms. The largest absolute Gasteiger partial charge is 0.333 e. The minimum absolute atomic E-state index is 0.0759. The van der Waals surface area contributed by atoms with E-state index in [0.717, 1.165) is 25.7 Å². The smallest absolute Gasteiger partial charge is 0.318 e. The minimum Gasteiger partial charge on any atom is -0.333 e. The predicted molar refractivity (Wildman–Crippen MR) is 82.4 cm³/mol.